The monoisotopic (exact) mass is 247 g/mol. The summed E-state index contributed by atoms with van der Waals surface area (Å²) >= 11 is 11.8. The van der Waals surface area contributed by atoms with Gasteiger partial charge in [0.05, 0.1) is 5.88 Å². The lowest BCUT2D eigenvalue weighted by atomic mass is 10.3. The van der Waals surface area contributed by atoms with E-state index in [9.17, 15) is 0 Å². The normalized spacial score (nSPS) is 10.4. The Morgan fingerprint density at radius 3 is 2.60 bits per heavy atom. The maximum Gasteiger partial charge on any atom is 0.138 e. The molecule has 0 saturated carbocycles. The molecule has 0 aliphatic heterocycles. The van der Waals surface area contributed by atoms with Crippen LogP contribution in [0.15, 0.2) is 6.33 Å². The average Bonchev–Trinajstić information content (AvgIpc) is 2.25. The zero-order valence-corrected chi connectivity index (χ0v) is 10.5. The van der Waals surface area contributed by atoms with Gasteiger partial charge in [-0.15, -0.1) is 11.6 Å². The number of aromatic nitrogens is 2. The van der Waals surface area contributed by atoms with Gasteiger partial charge in [0.2, 0.25) is 0 Å². The Morgan fingerprint density at radius 2 is 2.07 bits per heavy atom. The molecule has 1 aromatic rings. The first-order chi connectivity index (χ1) is 7.24. The van der Waals surface area contributed by atoms with Crippen molar-refractivity contribution in [2.45, 2.75) is 26.1 Å². The molecule has 0 radical (unpaired) electrons. The van der Waals surface area contributed by atoms with Gasteiger partial charge in [0.1, 0.15) is 17.3 Å². The lowest BCUT2D eigenvalue weighted by Crippen LogP contribution is -2.25. The molecule has 0 fully saturated rings. The highest BCUT2D eigenvalue weighted by molar-refractivity contribution is 6.31. The van der Waals surface area contributed by atoms with Crippen LogP contribution in [0.25, 0.3) is 0 Å². The fourth-order valence-corrected chi connectivity index (χ4v) is 1.96. The maximum atomic E-state index is 5.97. The Labute approximate surface area is 100 Å². The van der Waals surface area contributed by atoms with Gasteiger partial charge in [-0.2, -0.15) is 0 Å². The predicted molar refractivity (Wildman–Crippen MR) is 64.8 cm³/mol. The number of hydrogen-bond acceptors (Lipinski definition) is 3. The van der Waals surface area contributed by atoms with Gasteiger partial charge >= 0.3 is 0 Å². The first-order valence-corrected chi connectivity index (χ1v) is 5.96. The van der Waals surface area contributed by atoms with Gasteiger partial charge in [-0.05, 0) is 13.3 Å². The Bertz CT molecular complexity index is 318. The van der Waals surface area contributed by atoms with Crippen molar-refractivity contribution in [2.75, 3.05) is 18.0 Å². The third kappa shape index (κ3) is 2.95. The lowest BCUT2D eigenvalue weighted by molar-refractivity contribution is 0.771. The molecule has 0 N–H and O–H groups in total. The second kappa shape index (κ2) is 6.13. The average molecular weight is 248 g/mol. The molecule has 0 unspecified atom stereocenters. The summed E-state index contributed by atoms with van der Waals surface area (Å²) in [6.07, 6.45) is 2.54. The molecule has 1 rings (SSSR count). The molecule has 0 atom stereocenters. The first-order valence-electron chi connectivity index (χ1n) is 5.04. The van der Waals surface area contributed by atoms with E-state index >= 15 is 0 Å². The number of halogens is 2. The number of alkyl halides is 1. The van der Waals surface area contributed by atoms with Crippen molar-refractivity contribution < 1.29 is 0 Å². The molecule has 15 heavy (non-hydrogen) atoms. The van der Waals surface area contributed by atoms with Crippen molar-refractivity contribution in [3.8, 4) is 0 Å². The van der Waals surface area contributed by atoms with E-state index in [1.54, 1.807) is 0 Å². The molecule has 0 bridgehead atoms. The summed E-state index contributed by atoms with van der Waals surface area (Å²) in [6.45, 7) is 6.06. The lowest BCUT2D eigenvalue weighted by Gasteiger charge is -2.23. The molecule has 0 aliphatic rings. The highest BCUT2D eigenvalue weighted by Crippen LogP contribution is 2.24. The van der Waals surface area contributed by atoms with E-state index in [1.807, 2.05) is 0 Å². The topological polar surface area (TPSA) is 29.0 Å². The summed E-state index contributed by atoms with van der Waals surface area (Å²) in [7, 11) is 0. The zero-order chi connectivity index (χ0) is 11.3. The van der Waals surface area contributed by atoms with Gasteiger partial charge in [-0.25, -0.2) is 9.97 Å². The van der Waals surface area contributed by atoms with Crippen molar-refractivity contribution in [3.05, 3.63) is 17.0 Å². The fraction of sp³-hybridized carbons (Fsp3) is 0.600. The minimum Gasteiger partial charge on any atom is -0.357 e. The third-order valence-electron chi connectivity index (χ3n) is 2.18. The Morgan fingerprint density at radius 1 is 1.33 bits per heavy atom. The third-order valence-corrected chi connectivity index (χ3v) is 2.77. The van der Waals surface area contributed by atoms with E-state index < -0.39 is 0 Å². The molecule has 3 nitrogen and oxygen atoms in total. The molecule has 1 aromatic heterocycles. The highest BCUT2D eigenvalue weighted by Gasteiger charge is 2.13. The minimum atomic E-state index is 0.342. The van der Waals surface area contributed by atoms with Gasteiger partial charge < -0.3 is 4.90 Å². The van der Waals surface area contributed by atoms with E-state index in [0.29, 0.717) is 11.0 Å². The van der Waals surface area contributed by atoms with Crippen LogP contribution in [-0.2, 0) is 5.88 Å². The molecule has 0 aliphatic carbocycles. The van der Waals surface area contributed by atoms with Crippen LogP contribution in [0.5, 0.6) is 0 Å². The van der Waals surface area contributed by atoms with Crippen LogP contribution in [0.2, 0.25) is 5.15 Å². The molecule has 0 aromatic carbocycles. The summed E-state index contributed by atoms with van der Waals surface area (Å²) in [4.78, 5) is 10.3. The minimum absolute atomic E-state index is 0.342. The number of anilines is 1. The first kappa shape index (κ1) is 12.5. The molecular formula is C10H15Cl2N3. The van der Waals surface area contributed by atoms with E-state index in [0.717, 1.165) is 30.9 Å². The molecular weight excluding hydrogens is 233 g/mol. The van der Waals surface area contributed by atoms with E-state index in [1.165, 1.54) is 6.33 Å². The molecule has 84 valence electrons. The van der Waals surface area contributed by atoms with Gasteiger partial charge in [-0.1, -0.05) is 18.5 Å². The van der Waals surface area contributed by atoms with Crippen LogP contribution in [0.1, 0.15) is 25.8 Å². The summed E-state index contributed by atoms with van der Waals surface area (Å²) < 4.78 is 0. The predicted octanol–water partition coefficient (Wildman–Crippen LogP) is 3.11. The quantitative estimate of drug-likeness (QED) is 0.592. The second-order valence-electron chi connectivity index (χ2n) is 3.18. The van der Waals surface area contributed by atoms with Crippen molar-refractivity contribution in [1.82, 2.24) is 9.97 Å². The van der Waals surface area contributed by atoms with E-state index in [-0.39, 0.29) is 0 Å². The highest BCUT2D eigenvalue weighted by atomic mass is 35.5. The van der Waals surface area contributed by atoms with Crippen LogP contribution in [0, 0.1) is 0 Å². The van der Waals surface area contributed by atoms with E-state index in [4.69, 9.17) is 23.2 Å². The molecule has 1 heterocycles. The van der Waals surface area contributed by atoms with Crippen molar-refractivity contribution in [2.24, 2.45) is 0 Å². The number of nitrogens with zero attached hydrogens (tertiary/aromatic N) is 3. The Kier molecular flexibility index (Phi) is 5.12. The maximum absolute atomic E-state index is 5.97. The summed E-state index contributed by atoms with van der Waals surface area (Å²) in [5.41, 5.74) is 0.816. The van der Waals surface area contributed by atoms with E-state index in [2.05, 4.69) is 28.7 Å². The number of hydrogen-bond donors (Lipinski definition) is 0. The van der Waals surface area contributed by atoms with Gasteiger partial charge in [0, 0.05) is 18.7 Å². The number of rotatable bonds is 5. The molecule has 5 heteroatoms. The van der Waals surface area contributed by atoms with Gasteiger partial charge in [0.25, 0.3) is 0 Å². The molecule has 0 spiro atoms. The smallest absolute Gasteiger partial charge is 0.138 e. The van der Waals surface area contributed by atoms with Gasteiger partial charge in [-0.3, -0.25) is 0 Å². The Balaban J connectivity index is 3.04. The zero-order valence-electron chi connectivity index (χ0n) is 9.00. The molecule has 0 amide bonds. The van der Waals surface area contributed by atoms with Crippen molar-refractivity contribution >= 4 is 29.0 Å². The van der Waals surface area contributed by atoms with Crippen molar-refractivity contribution in [1.29, 1.82) is 0 Å². The van der Waals surface area contributed by atoms with Crippen LogP contribution < -0.4 is 4.90 Å². The Hall–Kier alpha value is -0.540. The van der Waals surface area contributed by atoms with Crippen molar-refractivity contribution in [3.63, 3.8) is 0 Å². The van der Waals surface area contributed by atoms with Gasteiger partial charge in [0.15, 0.2) is 0 Å². The fourth-order valence-electron chi connectivity index (χ4n) is 1.45. The van der Waals surface area contributed by atoms with Crippen LogP contribution in [0.3, 0.4) is 0 Å². The standard InChI is InChI=1S/C10H15Cl2N3/c1-3-5-15(4-2)10-8(6-11)9(12)13-7-14-10/h7H,3-6H2,1-2H3. The van der Waals surface area contributed by atoms with Crippen LogP contribution in [-0.4, -0.2) is 23.1 Å². The largest absolute Gasteiger partial charge is 0.357 e. The second-order valence-corrected chi connectivity index (χ2v) is 3.81. The SMILES string of the molecule is CCCN(CC)c1ncnc(Cl)c1CCl. The molecule has 0 saturated heterocycles. The summed E-state index contributed by atoms with van der Waals surface area (Å²) in [5, 5.41) is 0.449. The van der Waals surface area contributed by atoms with Crippen LogP contribution in [0.4, 0.5) is 5.82 Å². The summed E-state index contributed by atoms with van der Waals surface area (Å²) in [5.74, 6) is 1.20. The summed E-state index contributed by atoms with van der Waals surface area (Å²) in [6, 6.07) is 0. The van der Waals surface area contributed by atoms with Crippen LogP contribution >= 0.6 is 23.2 Å².